The molecule has 28 heavy (non-hydrogen) atoms. The molecule has 0 fully saturated rings. The van der Waals surface area contributed by atoms with Crippen LogP contribution in [0, 0.1) is 18.3 Å². The first kappa shape index (κ1) is 20.5. The van der Waals surface area contributed by atoms with Crippen LogP contribution in [0.2, 0.25) is 5.02 Å². The van der Waals surface area contributed by atoms with Crippen molar-refractivity contribution in [3.63, 3.8) is 0 Å². The van der Waals surface area contributed by atoms with Gasteiger partial charge in [-0.1, -0.05) is 30.7 Å². The first-order chi connectivity index (χ1) is 13.1. The third-order valence-corrected chi connectivity index (χ3v) is 6.01. The standard InChI is InChI=1S/C25H29ClN2/c1-16(2)28-24-11-17(3)20(13-23(24)18(4)14-25(28,5)6)12-21(15-27)19-7-9-22(26)10-8-19/h7-13,16,18H,14H2,1-6H3/b21-12-/t18-/m0/s1. The lowest BCUT2D eigenvalue weighted by Gasteiger charge is -2.50. The van der Waals surface area contributed by atoms with E-state index in [4.69, 9.17) is 11.6 Å². The molecule has 0 aromatic heterocycles. The van der Waals surface area contributed by atoms with Crippen LogP contribution in [0.3, 0.4) is 0 Å². The van der Waals surface area contributed by atoms with E-state index in [2.05, 4.69) is 64.6 Å². The number of benzene rings is 2. The highest BCUT2D eigenvalue weighted by molar-refractivity contribution is 6.30. The molecule has 2 aromatic carbocycles. The summed E-state index contributed by atoms with van der Waals surface area (Å²) in [7, 11) is 0. The summed E-state index contributed by atoms with van der Waals surface area (Å²) in [6, 6.07) is 14.8. The number of halogens is 1. The zero-order chi connectivity index (χ0) is 20.6. The van der Waals surface area contributed by atoms with E-state index < -0.39 is 0 Å². The van der Waals surface area contributed by atoms with Gasteiger partial charge in [0.05, 0.1) is 11.6 Å². The monoisotopic (exact) mass is 392 g/mol. The minimum atomic E-state index is 0.130. The lowest BCUT2D eigenvalue weighted by Crippen LogP contribution is -2.51. The van der Waals surface area contributed by atoms with Crippen molar-refractivity contribution >= 4 is 28.9 Å². The van der Waals surface area contributed by atoms with Crippen LogP contribution in [-0.2, 0) is 0 Å². The normalized spacial score (nSPS) is 18.8. The molecule has 3 heteroatoms. The molecule has 0 saturated heterocycles. The fourth-order valence-electron chi connectivity index (χ4n) is 4.71. The van der Waals surface area contributed by atoms with E-state index in [9.17, 15) is 5.26 Å². The van der Waals surface area contributed by atoms with Gasteiger partial charge in [0.2, 0.25) is 0 Å². The third-order valence-electron chi connectivity index (χ3n) is 5.76. The first-order valence-corrected chi connectivity index (χ1v) is 10.3. The van der Waals surface area contributed by atoms with E-state index in [1.54, 1.807) is 0 Å². The summed E-state index contributed by atoms with van der Waals surface area (Å²) in [6.45, 7) is 13.6. The summed E-state index contributed by atoms with van der Waals surface area (Å²) in [4.78, 5) is 2.55. The lowest BCUT2D eigenvalue weighted by atomic mass is 9.78. The van der Waals surface area contributed by atoms with Crippen molar-refractivity contribution < 1.29 is 0 Å². The number of aryl methyl sites for hydroxylation is 1. The lowest BCUT2D eigenvalue weighted by molar-refractivity contribution is 0.356. The first-order valence-electron chi connectivity index (χ1n) is 9.95. The Hall–Kier alpha value is -2.24. The van der Waals surface area contributed by atoms with Crippen LogP contribution in [0.5, 0.6) is 0 Å². The van der Waals surface area contributed by atoms with Crippen LogP contribution < -0.4 is 4.90 Å². The van der Waals surface area contributed by atoms with Crippen molar-refractivity contribution in [1.82, 2.24) is 0 Å². The van der Waals surface area contributed by atoms with Gasteiger partial charge in [-0.3, -0.25) is 0 Å². The molecule has 1 aliphatic heterocycles. The minimum absolute atomic E-state index is 0.130. The molecule has 0 radical (unpaired) electrons. The number of nitrogens with zero attached hydrogens (tertiary/aromatic N) is 2. The summed E-state index contributed by atoms with van der Waals surface area (Å²) in [5.41, 5.74) is 6.69. The molecule has 1 aliphatic rings. The Balaban J connectivity index is 2.12. The van der Waals surface area contributed by atoms with E-state index in [1.165, 1.54) is 16.8 Å². The number of allylic oxidation sites excluding steroid dienone is 1. The van der Waals surface area contributed by atoms with Gasteiger partial charge in [-0.2, -0.15) is 5.26 Å². The van der Waals surface area contributed by atoms with Crippen LogP contribution in [0.1, 0.15) is 69.2 Å². The second-order valence-corrected chi connectivity index (χ2v) is 9.26. The molecular weight excluding hydrogens is 364 g/mol. The average Bonchev–Trinajstić information content (AvgIpc) is 2.60. The molecule has 0 spiro atoms. The second kappa shape index (κ2) is 7.64. The van der Waals surface area contributed by atoms with Crippen molar-refractivity contribution in [1.29, 1.82) is 5.26 Å². The van der Waals surface area contributed by atoms with Crippen molar-refractivity contribution in [3.8, 4) is 6.07 Å². The molecule has 146 valence electrons. The average molecular weight is 393 g/mol. The van der Waals surface area contributed by atoms with Crippen LogP contribution in [-0.4, -0.2) is 11.6 Å². The van der Waals surface area contributed by atoms with E-state index in [-0.39, 0.29) is 5.54 Å². The summed E-state index contributed by atoms with van der Waals surface area (Å²) >= 11 is 6.00. The quantitative estimate of drug-likeness (QED) is 0.407. The maximum atomic E-state index is 9.72. The Labute approximate surface area is 174 Å². The molecule has 1 atom stereocenters. The number of hydrogen-bond donors (Lipinski definition) is 0. The molecule has 0 aliphatic carbocycles. The molecule has 2 nitrogen and oxygen atoms in total. The largest absolute Gasteiger partial charge is 0.364 e. The molecule has 0 saturated carbocycles. The minimum Gasteiger partial charge on any atom is -0.364 e. The highest BCUT2D eigenvalue weighted by Crippen LogP contribution is 2.45. The molecule has 0 unspecified atom stereocenters. The van der Waals surface area contributed by atoms with Gasteiger partial charge in [0.25, 0.3) is 0 Å². The van der Waals surface area contributed by atoms with Crippen molar-refractivity contribution in [3.05, 3.63) is 63.7 Å². The van der Waals surface area contributed by atoms with E-state index >= 15 is 0 Å². The fraction of sp³-hybridized carbons (Fsp3) is 0.400. The second-order valence-electron chi connectivity index (χ2n) is 8.83. The van der Waals surface area contributed by atoms with Gasteiger partial charge in [-0.05, 0) is 99.6 Å². The predicted molar refractivity (Wildman–Crippen MR) is 121 cm³/mol. The number of anilines is 1. The molecule has 0 N–H and O–H groups in total. The van der Waals surface area contributed by atoms with Crippen molar-refractivity contribution in [2.24, 2.45) is 0 Å². The number of rotatable bonds is 3. The topological polar surface area (TPSA) is 27.0 Å². The predicted octanol–water partition coefficient (Wildman–Crippen LogP) is 7.21. The molecule has 3 rings (SSSR count). The Morgan fingerprint density at radius 1 is 1.25 bits per heavy atom. The van der Waals surface area contributed by atoms with Crippen LogP contribution >= 0.6 is 11.6 Å². The summed E-state index contributed by atoms with van der Waals surface area (Å²) in [5.74, 6) is 0.480. The Morgan fingerprint density at radius 2 is 1.89 bits per heavy atom. The summed E-state index contributed by atoms with van der Waals surface area (Å²) < 4.78 is 0. The molecule has 0 bridgehead atoms. The summed E-state index contributed by atoms with van der Waals surface area (Å²) in [5, 5.41) is 10.4. The van der Waals surface area contributed by atoms with E-state index in [0.29, 0.717) is 22.6 Å². The SMILES string of the molecule is Cc1cc2c(cc1/C=C(/C#N)c1ccc(Cl)cc1)[C@@H](C)CC(C)(C)N2C(C)C. The number of fused-ring (bicyclic) bond motifs is 1. The van der Waals surface area contributed by atoms with Crippen molar-refractivity contribution in [2.75, 3.05) is 4.90 Å². The Bertz CT molecular complexity index is 946. The summed E-state index contributed by atoms with van der Waals surface area (Å²) in [6.07, 6.45) is 3.12. The zero-order valence-electron chi connectivity index (χ0n) is 17.7. The van der Waals surface area contributed by atoms with Gasteiger partial charge >= 0.3 is 0 Å². The molecule has 1 heterocycles. The Morgan fingerprint density at radius 3 is 2.46 bits per heavy atom. The van der Waals surface area contributed by atoms with Gasteiger partial charge in [0, 0.05) is 22.3 Å². The molecular formula is C25H29ClN2. The van der Waals surface area contributed by atoms with Gasteiger partial charge in [-0.15, -0.1) is 0 Å². The van der Waals surface area contributed by atoms with E-state index in [1.807, 2.05) is 30.3 Å². The number of nitriles is 1. The zero-order valence-corrected chi connectivity index (χ0v) is 18.4. The molecule has 2 aromatic rings. The third kappa shape index (κ3) is 3.82. The van der Waals surface area contributed by atoms with Gasteiger partial charge < -0.3 is 4.90 Å². The maximum absolute atomic E-state index is 9.72. The highest BCUT2D eigenvalue weighted by Gasteiger charge is 2.37. The Kier molecular flexibility index (Phi) is 5.60. The van der Waals surface area contributed by atoms with Crippen LogP contribution in [0.4, 0.5) is 5.69 Å². The van der Waals surface area contributed by atoms with Gasteiger partial charge in [0.1, 0.15) is 0 Å². The number of hydrogen-bond acceptors (Lipinski definition) is 2. The maximum Gasteiger partial charge on any atom is 0.0998 e. The van der Waals surface area contributed by atoms with Gasteiger partial charge in [0.15, 0.2) is 0 Å². The smallest absolute Gasteiger partial charge is 0.0998 e. The van der Waals surface area contributed by atoms with Crippen LogP contribution in [0.25, 0.3) is 11.6 Å². The fourth-order valence-corrected chi connectivity index (χ4v) is 4.84. The van der Waals surface area contributed by atoms with Gasteiger partial charge in [-0.25, -0.2) is 0 Å². The highest BCUT2D eigenvalue weighted by atomic mass is 35.5. The van der Waals surface area contributed by atoms with Crippen LogP contribution in [0.15, 0.2) is 36.4 Å². The molecule has 0 amide bonds. The van der Waals surface area contributed by atoms with E-state index in [0.717, 1.165) is 17.5 Å². The van der Waals surface area contributed by atoms with Crippen molar-refractivity contribution in [2.45, 2.75) is 65.5 Å².